The number of anilines is 1. The van der Waals surface area contributed by atoms with Crippen LogP contribution in [0, 0.1) is 0 Å². The Morgan fingerprint density at radius 1 is 1.28 bits per heavy atom. The molecule has 1 amide bonds. The van der Waals surface area contributed by atoms with Gasteiger partial charge in [-0.2, -0.15) is 0 Å². The molecule has 6 nitrogen and oxygen atoms in total. The maximum Gasteiger partial charge on any atom is 0.239 e. The Labute approximate surface area is 180 Å². The molecule has 1 saturated carbocycles. The third-order valence-electron chi connectivity index (χ3n) is 4.74. The molecule has 5 rings (SSSR count). The minimum absolute atomic E-state index is 0.0702. The molecule has 3 aromatic heterocycles. The zero-order chi connectivity index (χ0) is 19.8. The Kier molecular flexibility index (Phi) is 5.11. The average Bonchev–Trinajstić information content (AvgIpc) is 3.11. The van der Waals surface area contributed by atoms with Gasteiger partial charge in [-0.15, -0.1) is 21.5 Å². The SMILES string of the molecule is CC(Sc1nnc(Cc2cccs2)n1C1CC1)C(=O)Nc1nc2ccccc2s1. The van der Waals surface area contributed by atoms with E-state index in [1.807, 2.05) is 31.2 Å². The predicted octanol–water partition coefficient (Wildman–Crippen LogP) is 4.99. The minimum atomic E-state index is -0.293. The van der Waals surface area contributed by atoms with Gasteiger partial charge in [-0.25, -0.2) is 4.98 Å². The number of thioether (sulfide) groups is 1. The molecule has 148 valence electrons. The molecule has 0 bridgehead atoms. The van der Waals surface area contributed by atoms with Crippen molar-refractivity contribution in [2.45, 2.75) is 42.6 Å². The number of hydrogen-bond acceptors (Lipinski definition) is 7. The quantitative estimate of drug-likeness (QED) is 0.409. The zero-order valence-corrected chi connectivity index (χ0v) is 18.2. The van der Waals surface area contributed by atoms with Gasteiger partial charge in [0.05, 0.1) is 15.5 Å². The van der Waals surface area contributed by atoms with E-state index in [9.17, 15) is 4.79 Å². The smallest absolute Gasteiger partial charge is 0.239 e. The van der Waals surface area contributed by atoms with Gasteiger partial charge in [-0.3, -0.25) is 4.79 Å². The van der Waals surface area contributed by atoms with Crippen molar-refractivity contribution in [2.24, 2.45) is 0 Å². The molecule has 1 aromatic carbocycles. The molecule has 0 radical (unpaired) electrons. The van der Waals surface area contributed by atoms with Gasteiger partial charge in [0.2, 0.25) is 5.91 Å². The van der Waals surface area contributed by atoms with Crippen molar-refractivity contribution in [3.63, 3.8) is 0 Å². The third-order valence-corrected chi connectivity index (χ3v) is 7.62. The summed E-state index contributed by atoms with van der Waals surface area (Å²) in [5.74, 6) is 0.912. The van der Waals surface area contributed by atoms with E-state index in [1.54, 1.807) is 11.3 Å². The first kappa shape index (κ1) is 18.8. The molecule has 1 aliphatic carbocycles. The van der Waals surface area contributed by atoms with Crippen LogP contribution in [0.2, 0.25) is 0 Å². The monoisotopic (exact) mass is 441 g/mol. The lowest BCUT2D eigenvalue weighted by Gasteiger charge is -2.12. The van der Waals surface area contributed by atoms with Crippen molar-refractivity contribution in [2.75, 3.05) is 5.32 Å². The maximum absolute atomic E-state index is 12.7. The first-order chi connectivity index (χ1) is 14.2. The van der Waals surface area contributed by atoms with Gasteiger partial charge < -0.3 is 9.88 Å². The number of amides is 1. The molecule has 1 unspecified atom stereocenters. The lowest BCUT2D eigenvalue weighted by atomic mass is 10.3. The number of aromatic nitrogens is 4. The summed E-state index contributed by atoms with van der Waals surface area (Å²) in [4.78, 5) is 18.5. The number of benzene rings is 1. The molecule has 1 atom stereocenters. The summed E-state index contributed by atoms with van der Waals surface area (Å²) in [7, 11) is 0. The van der Waals surface area contributed by atoms with Gasteiger partial charge in [0.15, 0.2) is 10.3 Å². The molecular weight excluding hydrogens is 422 g/mol. The van der Waals surface area contributed by atoms with Gasteiger partial charge >= 0.3 is 0 Å². The van der Waals surface area contributed by atoms with Crippen LogP contribution < -0.4 is 5.32 Å². The summed E-state index contributed by atoms with van der Waals surface area (Å²) in [6.45, 7) is 1.90. The first-order valence-corrected chi connectivity index (χ1v) is 12.0. The van der Waals surface area contributed by atoms with E-state index in [4.69, 9.17) is 0 Å². The molecule has 0 saturated heterocycles. The molecule has 9 heteroatoms. The van der Waals surface area contributed by atoms with E-state index in [0.29, 0.717) is 11.2 Å². The fourth-order valence-corrected chi connectivity index (χ4v) is 5.63. The normalized spacial score (nSPS) is 14.9. The molecule has 3 heterocycles. The van der Waals surface area contributed by atoms with Crippen LogP contribution in [0.3, 0.4) is 0 Å². The summed E-state index contributed by atoms with van der Waals surface area (Å²) < 4.78 is 3.29. The summed E-state index contributed by atoms with van der Waals surface area (Å²) in [6, 6.07) is 12.5. The van der Waals surface area contributed by atoms with Crippen molar-refractivity contribution in [1.29, 1.82) is 0 Å². The number of para-hydroxylation sites is 1. The highest BCUT2D eigenvalue weighted by atomic mass is 32.2. The number of carbonyl (C=O) groups is 1. The molecule has 0 spiro atoms. The highest BCUT2D eigenvalue weighted by Gasteiger charge is 2.31. The van der Waals surface area contributed by atoms with Gasteiger partial charge in [0, 0.05) is 17.3 Å². The highest BCUT2D eigenvalue weighted by Crippen LogP contribution is 2.40. The summed E-state index contributed by atoms with van der Waals surface area (Å²) in [5.41, 5.74) is 0.903. The fraction of sp³-hybridized carbons (Fsp3) is 0.300. The van der Waals surface area contributed by atoms with Crippen LogP contribution in [0.25, 0.3) is 10.2 Å². The summed E-state index contributed by atoms with van der Waals surface area (Å²) in [5, 5.41) is 15.0. The largest absolute Gasteiger partial charge is 0.303 e. The van der Waals surface area contributed by atoms with Crippen molar-refractivity contribution < 1.29 is 4.79 Å². The third kappa shape index (κ3) is 4.08. The number of hydrogen-bond donors (Lipinski definition) is 1. The van der Waals surface area contributed by atoms with E-state index in [0.717, 1.165) is 40.5 Å². The number of nitrogens with zero attached hydrogens (tertiary/aromatic N) is 4. The second-order valence-electron chi connectivity index (χ2n) is 6.99. The first-order valence-electron chi connectivity index (χ1n) is 9.46. The molecular formula is C20H19N5OS3. The zero-order valence-electron chi connectivity index (χ0n) is 15.7. The van der Waals surface area contributed by atoms with Crippen molar-refractivity contribution in [1.82, 2.24) is 19.7 Å². The van der Waals surface area contributed by atoms with Gasteiger partial charge in [0.25, 0.3) is 0 Å². The maximum atomic E-state index is 12.7. The lowest BCUT2D eigenvalue weighted by molar-refractivity contribution is -0.115. The van der Waals surface area contributed by atoms with Crippen LogP contribution in [-0.4, -0.2) is 30.9 Å². The molecule has 4 aromatic rings. The van der Waals surface area contributed by atoms with Gasteiger partial charge in [-0.05, 0) is 43.3 Å². The number of nitrogens with one attached hydrogen (secondary N) is 1. The molecule has 1 aliphatic rings. The van der Waals surface area contributed by atoms with Crippen LogP contribution >= 0.6 is 34.4 Å². The van der Waals surface area contributed by atoms with E-state index in [-0.39, 0.29) is 11.2 Å². The topological polar surface area (TPSA) is 72.7 Å². The standard InChI is InChI=1S/C20H19N5OS3/c1-12(18(26)22-19-21-15-6-2-3-7-16(15)29-19)28-20-24-23-17(25(20)13-8-9-13)11-14-5-4-10-27-14/h2-7,10,12-13H,8-9,11H2,1H3,(H,21,22,26). The minimum Gasteiger partial charge on any atom is -0.303 e. The number of thiazole rings is 1. The Bertz CT molecular complexity index is 1110. The number of rotatable bonds is 7. The Morgan fingerprint density at radius 2 is 2.14 bits per heavy atom. The number of carbonyl (C=O) groups excluding carboxylic acids is 1. The van der Waals surface area contributed by atoms with Crippen molar-refractivity contribution in [3.05, 3.63) is 52.5 Å². The van der Waals surface area contributed by atoms with Crippen LogP contribution in [0.1, 0.15) is 36.5 Å². The Hall–Kier alpha value is -2.23. The molecule has 29 heavy (non-hydrogen) atoms. The average molecular weight is 442 g/mol. The van der Waals surface area contributed by atoms with Crippen LogP contribution in [0.4, 0.5) is 5.13 Å². The Morgan fingerprint density at radius 3 is 2.90 bits per heavy atom. The van der Waals surface area contributed by atoms with Gasteiger partial charge in [-0.1, -0.05) is 41.3 Å². The van der Waals surface area contributed by atoms with E-state index < -0.39 is 0 Å². The number of thiophene rings is 1. The second-order valence-corrected chi connectivity index (χ2v) is 10.4. The highest BCUT2D eigenvalue weighted by molar-refractivity contribution is 8.00. The molecule has 1 fully saturated rings. The van der Waals surface area contributed by atoms with Crippen LogP contribution in [-0.2, 0) is 11.2 Å². The lowest BCUT2D eigenvalue weighted by Crippen LogP contribution is -2.22. The summed E-state index contributed by atoms with van der Waals surface area (Å²) in [6.07, 6.45) is 3.08. The Balaban J connectivity index is 1.30. The fourth-order valence-electron chi connectivity index (χ4n) is 3.12. The van der Waals surface area contributed by atoms with Crippen molar-refractivity contribution >= 4 is 55.7 Å². The van der Waals surface area contributed by atoms with E-state index in [2.05, 4.69) is 42.6 Å². The molecule has 0 aliphatic heterocycles. The van der Waals surface area contributed by atoms with E-state index >= 15 is 0 Å². The number of fused-ring (bicyclic) bond motifs is 1. The predicted molar refractivity (Wildman–Crippen MR) is 119 cm³/mol. The van der Waals surface area contributed by atoms with Crippen molar-refractivity contribution in [3.8, 4) is 0 Å². The van der Waals surface area contributed by atoms with Crippen LogP contribution in [0.5, 0.6) is 0 Å². The summed E-state index contributed by atoms with van der Waals surface area (Å²) >= 11 is 4.68. The van der Waals surface area contributed by atoms with Crippen LogP contribution in [0.15, 0.2) is 46.9 Å². The second kappa shape index (κ2) is 7.89. The molecule has 1 N–H and O–H groups in total. The van der Waals surface area contributed by atoms with E-state index in [1.165, 1.54) is 28.0 Å². The van der Waals surface area contributed by atoms with Gasteiger partial charge in [0.1, 0.15) is 5.82 Å².